The van der Waals surface area contributed by atoms with E-state index in [9.17, 15) is 13.2 Å². The number of ether oxygens (including phenoxy) is 1. The molecule has 0 atom stereocenters. The fourth-order valence-electron chi connectivity index (χ4n) is 5.03. The third-order valence-electron chi connectivity index (χ3n) is 6.73. The van der Waals surface area contributed by atoms with E-state index >= 15 is 0 Å². The first-order chi connectivity index (χ1) is 14.0. The first-order valence-corrected chi connectivity index (χ1v) is 11.0. The Morgan fingerprint density at radius 2 is 1.45 bits per heavy atom. The molecule has 0 aromatic heterocycles. The van der Waals surface area contributed by atoms with Crippen LogP contribution in [0.1, 0.15) is 75.3 Å². The normalized spacial score (nSPS) is 29.0. The average Bonchev–Trinajstić information content (AvgIpc) is 2.74. The molecule has 0 saturated heterocycles. The van der Waals surface area contributed by atoms with Gasteiger partial charge in [-0.3, -0.25) is 0 Å². The van der Waals surface area contributed by atoms with Crippen LogP contribution in [0, 0.1) is 11.8 Å². The van der Waals surface area contributed by atoms with Crippen molar-refractivity contribution in [2.75, 3.05) is 6.61 Å². The fourth-order valence-corrected chi connectivity index (χ4v) is 5.03. The van der Waals surface area contributed by atoms with Gasteiger partial charge in [0.15, 0.2) is 0 Å². The first kappa shape index (κ1) is 22.1. The summed E-state index contributed by atoms with van der Waals surface area (Å²) in [6.45, 7) is 2.70. The standard InChI is InChI=1S/C25H33F3O/c1-2-3-4-5-18-29-24-16-12-22(13-17-24)20-8-6-19(7-9-20)21-10-14-23(15-11-21)25(26,27)28/h2-5,10-11,14-15,19-20,22,24H,6-9,12-13,16-18H2,1H3. The van der Waals surface area contributed by atoms with Crippen LogP contribution in [0.15, 0.2) is 48.6 Å². The molecule has 0 N–H and O–H groups in total. The summed E-state index contributed by atoms with van der Waals surface area (Å²) in [6.07, 6.45) is 13.7. The summed E-state index contributed by atoms with van der Waals surface area (Å²) >= 11 is 0. The molecule has 2 saturated carbocycles. The van der Waals surface area contributed by atoms with Gasteiger partial charge in [0.2, 0.25) is 0 Å². The van der Waals surface area contributed by atoms with Gasteiger partial charge in [0.1, 0.15) is 0 Å². The maximum absolute atomic E-state index is 12.7. The van der Waals surface area contributed by atoms with E-state index in [1.54, 1.807) is 12.1 Å². The van der Waals surface area contributed by atoms with Crippen LogP contribution in [-0.4, -0.2) is 12.7 Å². The molecule has 2 aliphatic carbocycles. The van der Waals surface area contributed by atoms with Crippen molar-refractivity contribution in [3.63, 3.8) is 0 Å². The zero-order valence-electron chi connectivity index (χ0n) is 17.3. The average molecular weight is 407 g/mol. The van der Waals surface area contributed by atoms with Crippen molar-refractivity contribution in [3.05, 3.63) is 59.7 Å². The molecular weight excluding hydrogens is 373 g/mol. The van der Waals surface area contributed by atoms with Crippen molar-refractivity contribution in [2.24, 2.45) is 11.8 Å². The van der Waals surface area contributed by atoms with Crippen LogP contribution in [-0.2, 0) is 10.9 Å². The van der Waals surface area contributed by atoms with Crippen molar-refractivity contribution in [1.29, 1.82) is 0 Å². The van der Waals surface area contributed by atoms with E-state index in [-0.39, 0.29) is 0 Å². The lowest BCUT2D eigenvalue weighted by molar-refractivity contribution is -0.137. The lowest BCUT2D eigenvalue weighted by Crippen LogP contribution is -2.28. The number of allylic oxidation sites excluding steroid dienone is 3. The minimum Gasteiger partial charge on any atom is -0.374 e. The maximum atomic E-state index is 12.7. The monoisotopic (exact) mass is 406 g/mol. The summed E-state index contributed by atoms with van der Waals surface area (Å²) in [6, 6.07) is 5.83. The Kier molecular flexibility index (Phi) is 7.99. The fraction of sp³-hybridized carbons (Fsp3) is 0.600. The smallest absolute Gasteiger partial charge is 0.374 e. The Balaban J connectivity index is 1.40. The van der Waals surface area contributed by atoms with Crippen LogP contribution >= 0.6 is 0 Å². The molecule has 1 nitrogen and oxygen atoms in total. The largest absolute Gasteiger partial charge is 0.416 e. The molecule has 0 heterocycles. The van der Waals surface area contributed by atoms with E-state index in [1.165, 1.54) is 37.8 Å². The summed E-state index contributed by atoms with van der Waals surface area (Å²) < 4.78 is 44.2. The van der Waals surface area contributed by atoms with Crippen LogP contribution in [0.3, 0.4) is 0 Å². The van der Waals surface area contributed by atoms with Crippen LogP contribution in [0.4, 0.5) is 13.2 Å². The van der Waals surface area contributed by atoms with Gasteiger partial charge in [0, 0.05) is 0 Å². The van der Waals surface area contributed by atoms with Gasteiger partial charge in [-0.05, 0) is 93.7 Å². The van der Waals surface area contributed by atoms with Gasteiger partial charge in [-0.2, -0.15) is 13.2 Å². The van der Waals surface area contributed by atoms with Crippen molar-refractivity contribution in [3.8, 4) is 0 Å². The summed E-state index contributed by atoms with van der Waals surface area (Å²) in [7, 11) is 0. The number of hydrogen-bond donors (Lipinski definition) is 0. The molecule has 0 bridgehead atoms. The molecule has 1 aromatic carbocycles. The summed E-state index contributed by atoms with van der Waals surface area (Å²) in [4.78, 5) is 0. The molecule has 29 heavy (non-hydrogen) atoms. The molecule has 0 radical (unpaired) electrons. The van der Waals surface area contributed by atoms with Crippen LogP contribution in [0.5, 0.6) is 0 Å². The van der Waals surface area contributed by atoms with E-state index in [4.69, 9.17) is 4.74 Å². The van der Waals surface area contributed by atoms with E-state index in [0.717, 1.165) is 43.1 Å². The van der Waals surface area contributed by atoms with Crippen molar-refractivity contribution in [2.45, 2.75) is 76.5 Å². The zero-order chi connectivity index (χ0) is 20.7. The molecular formula is C25H33F3O. The third-order valence-corrected chi connectivity index (χ3v) is 6.73. The highest BCUT2D eigenvalue weighted by atomic mass is 19.4. The number of rotatable bonds is 6. The molecule has 4 heteroatoms. The highest BCUT2D eigenvalue weighted by Crippen LogP contribution is 2.43. The summed E-state index contributed by atoms with van der Waals surface area (Å²) in [5, 5.41) is 0. The Labute approximate surface area is 173 Å². The van der Waals surface area contributed by atoms with Crippen LogP contribution < -0.4 is 0 Å². The number of halogens is 3. The van der Waals surface area contributed by atoms with Gasteiger partial charge in [0.25, 0.3) is 0 Å². The lowest BCUT2D eigenvalue weighted by Gasteiger charge is -2.38. The number of benzene rings is 1. The molecule has 0 spiro atoms. The van der Waals surface area contributed by atoms with Gasteiger partial charge in [-0.15, -0.1) is 0 Å². The highest BCUT2D eigenvalue weighted by molar-refractivity contribution is 5.27. The molecule has 0 aliphatic heterocycles. The molecule has 0 unspecified atom stereocenters. The highest BCUT2D eigenvalue weighted by Gasteiger charge is 2.33. The van der Waals surface area contributed by atoms with Crippen molar-refractivity contribution in [1.82, 2.24) is 0 Å². The van der Waals surface area contributed by atoms with E-state index < -0.39 is 11.7 Å². The quantitative estimate of drug-likeness (QED) is 0.440. The Hall–Kier alpha value is -1.55. The van der Waals surface area contributed by atoms with Gasteiger partial charge < -0.3 is 4.74 Å². The molecule has 1 aromatic rings. The van der Waals surface area contributed by atoms with Gasteiger partial charge in [-0.1, -0.05) is 36.4 Å². The van der Waals surface area contributed by atoms with Gasteiger partial charge in [0.05, 0.1) is 18.3 Å². The molecule has 160 valence electrons. The first-order valence-electron chi connectivity index (χ1n) is 11.0. The summed E-state index contributed by atoms with van der Waals surface area (Å²) in [5.74, 6) is 1.98. The second-order valence-electron chi connectivity index (χ2n) is 8.56. The maximum Gasteiger partial charge on any atom is 0.416 e. The molecule has 3 rings (SSSR count). The number of hydrogen-bond acceptors (Lipinski definition) is 1. The van der Waals surface area contributed by atoms with Gasteiger partial charge >= 0.3 is 6.18 Å². The topological polar surface area (TPSA) is 9.23 Å². The number of alkyl halides is 3. The Bertz CT molecular complexity index is 658. The van der Waals surface area contributed by atoms with E-state index in [1.807, 2.05) is 25.2 Å². The lowest BCUT2D eigenvalue weighted by atomic mass is 9.69. The predicted octanol–water partition coefficient (Wildman–Crippen LogP) is 7.69. The SMILES string of the molecule is CC=CC=CCOC1CCC(C2CCC(c3ccc(C(F)(F)F)cc3)CC2)CC1. The summed E-state index contributed by atoms with van der Waals surface area (Å²) in [5.41, 5.74) is 0.519. The third kappa shape index (κ3) is 6.47. The molecule has 0 amide bonds. The Morgan fingerprint density at radius 3 is 2.00 bits per heavy atom. The minimum atomic E-state index is -4.25. The van der Waals surface area contributed by atoms with Crippen molar-refractivity contribution >= 4 is 0 Å². The Morgan fingerprint density at radius 1 is 0.862 bits per heavy atom. The second-order valence-corrected chi connectivity index (χ2v) is 8.56. The van der Waals surface area contributed by atoms with Crippen LogP contribution in [0.25, 0.3) is 0 Å². The molecule has 2 fully saturated rings. The zero-order valence-corrected chi connectivity index (χ0v) is 17.3. The second kappa shape index (κ2) is 10.5. The van der Waals surface area contributed by atoms with Crippen LogP contribution in [0.2, 0.25) is 0 Å². The predicted molar refractivity (Wildman–Crippen MR) is 112 cm³/mol. The van der Waals surface area contributed by atoms with Gasteiger partial charge in [-0.25, -0.2) is 0 Å². The molecule has 2 aliphatic rings. The van der Waals surface area contributed by atoms with E-state index in [2.05, 4.69) is 6.08 Å². The van der Waals surface area contributed by atoms with Crippen molar-refractivity contribution < 1.29 is 17.9 Å². The minimum absolute atomic E-state index is 0.394. The van der Waals surface area contributed by atoms with E-state index in [0.29, 0.717) is 18.6 Å².